The lowest BCUT2D eigenvalue weighted by Gasteiger charge is -2.47. The number of ether oxygens (including phenoxy) is 9. The molecule has 17 nitrogen and oxygen atoms in total. The van der Waals surface area contributed by atoms with Gasteiger partial charge in [-0.3, -0.25) is 34.2 Å². The van der Waals surface area contributed by atoms with Crippen LogP contribution < -0.4 is 5.73 Å². The van der Waals surface area contributed by atoms with Crippen LogP contribution in [-0.2, 0) is 71.4 Å². The SMILES string of the molecule is CC(=O)OC[C@H]1O[C@@H](O[C@H]2[C@H](OC(C)=O)[C@@H](F)[C@H](SC(=N)N)O[C@@H]2COC(C)=O)[C@H](OC(C)=O)[C@@H](OC(C)=O)[C@H]1OC(C)=O. The fraction of sp³-hybridized carbons (Fsp3) is 0.720. The molecule has 10 atom stereocenters. The van der Waals surface area contributed by atoms with Crippen molar-refractivity contribution in [3.05, 3.63) is 0 Å². The molecular formula is C25H35FN2O15S. The van der Waals surface area contributed by atoms with Gasteiger partial charge >= 0.3 is 35.8 Å². The Morgan fingerprint density at radius 1 is 0.659 bits per heavy atom. The molecule has 2 aliphatic rings. The highest BCUT2D eigenvalue weighted by molar-refractivity contribution is 8.14. The highest BCUT2D eigenvalue weighted by atomic mass is 32.2. The van der Waals surface area contributed by atoms with Crippen LogP contribution in [-0.4, -0.2) is 115 Å². The molecule has 2 rings (SSSR count). The fourth-order valence-corrected chi connectivity index (χ4v) is 5.10. The van der Waals surface area contributed by atoms with Crippen LogP contribution in [0.3, 0.4) is 0 Å². The van der Waals surface area contributed by atoms with Crippen LogP contribution in [0.1, 0.15) is 41.5 Å². The predicted octanol–water partition coefficient (Wildman–Crippen LogP) is -0.361. The maximum absolute atomic E-state index is 15.8. The summed E-state index contributed by atoms with van der Waals surface area (Å²) in [6.07, 6.45) is -15.1. The number of amidine groups is 1. The number of nitrogens with two attached hydrogens (primary N) is 1. The Morgan fingerprint density at radius 3 is 1.55 bits per heavy atom. The van der Waals surface area contributed by atoms with Crippen LogP contribution in [0.25, 0.3) is 0 Å². The van der Waals surface area contributed by atoms with Crippen molar-refractivity contribution in [1.29, 1.82) is 5.41 Å². The fourth-order valence-electron chi connectivity index (χ4n) is 4.37. The summed E-state index contributed by atoms with van der Waals surface area (Å²) in [5.41, 5.74) is 3.89. The molecule has 0 spiro atoms. The van der Waals surface area contributed by atoms with Gasteiger partial charge in [-0.25, -0.2) is 4.39 Å². The average molecular weight is 655 g/mol. The third kappa shape index (κ3) is 10.9. The van der Waals surface area contributed by atoms with E-state index in [0.29, 0.717) is 11.8 Å². The second-order valence-electron chi connectivity index (χ2n) is 9.51. The third-order valence-corrected chi connectivity index (χ3v) is 6.67. The summed E-state index contributed by atoms with van der Waals surface area (Å²) in [5.74, 6) is -5.18. The molecule has 0 bridgehead atoms. The average Bonchev–Trinajstić information content (AvgIpc) is 2.87. The van der Waals surface area contributed by atoms with Crippen molar-refractivity contribution in [2.45, 2.75) is 102 Å². The molecule has 2 aliphatic heterocycles. The van der Waals surface area contributed by atoms with Crippen molar-refractivity contribution in [1.82, 2.24) is 0 Å². The molecule has 2 heterocycles. The number of nitrogens with one attached hydrogen (secondary N) is 1. The number of esters is 6. The van der Waals surface area contributed by atoms with Crippen LogP contribution >= 0.6 is 11.8 Å². The third-order valence-electron chi connectivity index (χ3n) is 5.81. The first-order chi connectivity index (χ1) is 20.5. The zero-order valence-corrected chi connectivity index (χ0v) is 25.5. The van der Waals surface area contributed by atoms with Crippen LogP contribution in [0.2, 0.25) is 0 Å². The minimum absolute atomic E-state index is 0.454. The Morgan fingerprint density at radius 2 is 1.09 bits per heavy atom. The van der Waals surface area contributed by atoms with Crippen LogP contribution in [0, 0.1) is 5.41 Å². The van der Waals surface area contributed by atoms with Crippen LogP contribution in [0.15, 0.2) is 0 Å². The highest BCUT2D eigenvalue weighted by Crippen LogP contribution is 2.37. The number of alkyl halides is 1. The van der Waals surface area contributed by atoms with Gasteiger partial charge in [-0.1, -0.05) is 11.8 Å². The monoisotopic (exact) mass is 654 g/mol. The topological polar surface area (TPSA) is 235 Å². The quantitative estimate of drug-likeness (QED) is 0.125. The van der Waals surface area contributed by atoms with Crippen molar-refractivity contribution in [3.8, 4) is 0 Å². The lowest BCUT2D eigenvalue weighted by atomic mass is 9.96. The minimum Gasteiger partial charge on any atom is -0.463 e. The maximum atomic E-state index is 15.8. The van der Waals surface area contributed by atoms with Gasteiger partial charge in [0.2, 0.25) is 0 Å². The predicted molar refractivity (Wildman–Crippen MR) is 142 cm³/mol. The van der Waals surface area contributed by atoms with Crippen LogP contribution in [0.5, 0.6) is 0 Å². The van der Waals surface area contributed by atoms with E-state index in [1.165, 1.54) is 0 Å². The zero-order valence-electron chi connectivity index (χ0n) is 24.7. The molecule has 0 unspecified atom stereocenters. The molecule has 19 heteroatoms. The van der Waals surface area contributed by atoms with Crippen LogP contribution in [0.4, 0.5) is 4.39 Å². The van der Waals surface area contributed by atoms with Crippen molar-refractivity contribution in [2.24, 2.45) is 5.73 Å². The van der Waals surface area contributed by atoms with Crippen molar-refractivity contribution in [3.63, 3.8) is 0 Å². The number of halogens is 1. The number of thioether (sulfide) groups is 1. The molecule has 0 radical (unpaired) electrons. The molecule has 0 amide bonds. The number of carbonyl (C=O) groups excluding carboxylic acids is 6. The summed E-state index contributed by atoms with van der Waals surface area (Å²) in [6.45, 7) is 5.06. The lowest BCUT2D eigenvalue weighted by Crippen LogP contribution is -2.66. The largest absolute Gasteiger partial charge is 0.463 e. The minimum atomic E-state index is -2.18. The highest BCUT2D eigenvalue weighted by Gasteiger charge is 2.57. The van der Waals surface area contributed by atoms with E-state index in [1.54, 1.807) is 0 Å². The van der Waals surface area contributed by atoms with E-state index in [2.05, 4.69) is 0 Å². The van der Waals surface area contributed by atoms with Gasteiger partial charge in [-0.2, -0.15) is 0 Å². The molecule has 0 aromatic carbocycles. The first-order valence-electron chi connectivity index (χ1n) is 13.1. The van der Waals surface area contributed by atoms with Gasteiger partial charge < -0.3 is 48.4 Å². The summed E-state index contributed by atoms with van der Waals surface area (Å²) in [6, 6.07) is 0. The number of rotatable bonds is 11. The number of carbonyl (C=O) groups is 6. The van der Waals surface area contributed by atoms with Gasteiger partial charge in [0.25, 0.3) is 0 Å². The summed E-state index contributed by atoms with van der Waals surface area (Å²) >= 11 is 0.454. The van der Waals surface area contributed by atoms with E-state index in [4.69, 9.17) is 53.8 Å². The Labute approximate surface area is 255 Å². The number of hydrogen-bond acceptors (Lipinski definition) is 17. The lowest BCUT2D eigenvalue weighted by molar-refractivity contribution is -0.339. The Hall–Kier alpha value is -3.55. The summed E-state index contributed by atoms with van der Waals surface area (Å²) in [5, 5.41) is 7.00. The maximum Gasteiger partial charge on any atom is 0.303 e. The van der Waals surface area contributed by atoms with E-state index >= 15 is 4.39 Å². The van der Waals surface area contributed by atoms with Crippen molar-refractivity contribution in [2.75, 3.05) is 13.2 Å². The van der Waals surface area contributed by atoms with Gasteiger partial charge in [0.15, 0.2) is 42.0 Å². The van der Waals surface area contributed by atoms with Crippen molar-refractivity contribution < 1.29 is 75.8 Å². The molecule has 0 aromatic rings. The van der Waals surface area contributed by atoms with Gasteiger partial charge in [0, 0.05) is 41.5 Å². The van der Waals surface area contributed by atoms with E-state index in [1.807, 2.05) is 0 Å². The molecule has 44 heavy (non-hydrogen) atoms. The molecule has 248 valence electrons. The molecule has 2 saturated heterocycles. The second kappa shape index (κ2) is 16.5. The Bertz CT molecular complexity index is 1110. The smallest absolute Gasteiger partial charge is 0.303 e. The van der Waals surface area contributed by atoms with E-state index in [0.717, 1.165) is 41.5 Å². The van der Waals surface area contributed by atoms with Crippen molar-refractivity contribution >= 4 is 52.7 Å². The van der Waals surface area contributed by atoms with Gasteiger partial charge in [-0.15, -0.1) is 0 Å². The normalized spacial score (nSPS) is 31.5. The molecular weight excluding hydrogens is 619 g/mol. The molecule has 3 N–H and O–H groups in total. The first kappa shape index (κ1) is 36.6. The molecule has 0 aromatic heterocycles. The van der Waals surface area contributed by atoms with E-state index < -0.39 is 115 Å². The molecule has 0 saturated carbocycles. The van der Waals surface area contributed by atoms with Gasteiger partial charge in [0.1, 0.15) is 37.0 Å². The van der Waals surface area contributed by atoms with E-state index in [-0.39, 0.29) is 0 Å². The van der Waals surface area contributed by atoms with E-state index in [9.17, 15) is 28.8 Å². The van der Waals surface area contributed by atoms with Gasteiger partial charge in [0.05, 0.1) is 0 Å². The second-order valence-corrected chi connectivity index (χ2v) is 10.7. The first-order valence-corrected chi connectivity index (χ1v) is 13.9. The number of hydrogen-bond donors (Lipinski definition) is 2. The Balaban J connectivity index is 2.63. The summed E-state index contributed by atoms with van der Waals surface area (Å²) in [4.78, 5) is 71.5. The standard InChI is InChI=1S/C25H35FN2O15S/c1-9(29)35-7-15-19(37-11(3)31)21(39-13(5)33)22(40-14(6)34)23(41-15)43-18-16(8-36-10(2)30)42-24(44-25(27)28)17(26)20(18)38-12(4)32/h15-24H,7-8H2,1-6H3,(H3,27,28)/t15-,16-,17-,18-,19+,20-,21+,22-,23+,24+/m1/s1. The molecule has 2 fully saturated rings. The molecule has 0 aliphatic carbocycles. The van der Waals surface area contributed by atoms with Gasteiger partial charge in [-0.05, 0) is 0 Å². The summed E-state index contributed by atoms with van der Waals surface area (Å²) < 4.78 is 64.7. The zero-order chi connectivity index (χ0) is 33.3. The Kier molecular flexibility index (Phi) is 13.7. The summed E-state index contributed by atoms with van der Waals surface area (Å²) in [7, 11) is 0.